The molecule has 1 saturated heterocycles. The van der Waals surface area contributed by atoms with E-state index in [-0.39, 0.29) is 30.7 Å². The predicted molar refractivity (Wildman–Crippen MR) is 213 cm³/mol. The number of fused-ring (bicyclic) bond motifs is 1. The molecular formula is C39H62N12O4. The Balaban J connectivity index is 0.967. The number of aliphatic carboxylic acids is 1. The highest BCUT2D eigenvalue weighted by Crippen LogP contribution is 2.25. The summed E-state index contributed by atoms with van der Waals surface area (Å²) in [6.07, 6.45) is 15.6. The Morgan fingerprint density at radius 3 is 2.49 bits per heavy atom. The first-order valence-electron chi connectivity index (χ1n) is 20.5. The van der Waals surface area contributed by atoms with Gasteiger partial charge in [-0.15, -0.1) is 5.10 Å². The molecule has 1 saturated carbocycles. The largest absolute Gasteiger partial charge is 0.480 e. The van der Waals surface area contributed by atoms with Crippen molar-refractivity contribution in [3.8, 4) is 0 Å². The molecule has 5 rings (SSSR count). The maximum atomic E-state index is 12.9. The van der Waals surface area contributed by atoms with Gasteiger partial charge in [-0.1, -0.05) is 43.0 Å². The summed E-state index contributed by atoms with van der Waals surface area (Å²) in [4.78, 5) is 47.1. The zero-order valence-corrected chi connectivity index (χ0v) is 32.3. The van der Waals surface area contributed by atoms with Crippen molar-refractivity contribution >= 4 is 40.5 Å². The van der Waals surface area contributed by atoms with E-state index >= 15 is 0 Å². The van der Waals surface area contributed by atoms with Crippen LogP contribution in [0.3, 0.4) is 0 Å². The van der Waals surface area contributed by atoms with Gasteiger partial charge >= 0.3 is 5.97 Å². The molecular weight excluding hydrogens is 701 g/mol. The molecule has 16 heteroatoms. The molecule has 16 nitrogen and oxygen atoms in total. The molecule has 1 aromatic carbocycles. The van der Waals surface area contributed by atoms with Gasteiger partial charge in [0, 0.05) is 56.5 Å². The standard InChI is InChI=1S/C39H62N12O4/c40-33(38(54)55)16-17-35(52)43-22-8-2-5-15-36(53)50-25-18-30(19-26-50)45-37-32-13-6-7-14-34(32)46-39(47-37)44-27-31-28-51(49-48-31)24-10-21-41-20-9-23-42-29-11-3-1-4-12-29/h6-7,13-14,28-30,33,41-42H,1-5,8-12,15-27,40H2,(H,43,52)(H,54,55)(H2,44,45,46,47)/t33-/m1/s1. The normalized spacial score (nSPS) is 15.9. The lowest BCUT2D eigenvalue weighted by molar-refractivity contribution is -0.138. The summed E-state index contributed by atoms with van der Waals surface area (Å²) < 4.78 is 1.89. The average Bonchev–Trinajstić information content (AvgIpc) is 3.66. The van der Waals surface area contributed by atoms with Gasteiger partial charge in [0.2, 0.25) is 17.8 Å². The lowest BCUT2D eigenvalue weighted by Crippen LogP contribution is -2.42. The number of aryl methyl sites for hydroxylation is 1. The number of likely N-dealkylation sites (tertiary alicyclic amines) is 1. The third kappa shape index (κ3) is 14.6. The number of nitrogens with zero attached hydrogens (tertiary/aromatic N) is 6. The molecule has 0 radical (unpaired) electrons. The van der Waals surface area contributed by atoms with Crippen molar-refractivity contribution in [2.75, 3.05) is 49.9 Å². The summed E-state index contributed by atoms with van der Waals surface area (Å²) in [5.74, 6) is 0.143. The maximum absolute atomic E-state index is 12.9. The third-order valence-corrected chi connectivity index (χ3v) is 10.5. The van der Waals surface area contributed by atoms with Crippen LogP contribution < -0.4 is 32.3 Å². The lowest BCUT2D eigenvalue weighted by Gasteiger charge is -2.33. The number of carbonyl (C=O) groups is 3. The Labute approximate surface area is 324 Å². The molecule has 1 aliphatic carbocycles. The van der Waals surface area contributed by atoms with Crippen molar-refractivity contribution < 1.29 is 19.5 Å². The number of hydrogen-bond acceptors (Lipinski definition) is 12. The van der Waals surface area contributed by atoms with Crippen molar-refractivity contribution in [2.24, 2.45) is 5.73 Å². The molecule has 1 atom stereocenters. The number of nitrogens with two attached hydrogens (primary N) is 1. The lowest BCUT2D eigenvalue weighted by atomic mass is 9.95. The minimum absolute atomic E-state index is 0.0880. The van der Waals surface area contributed by atoms with Crippen LogP contribution in [0.2, 0.25) is 0 Å². The van der Waals surface area contributed by atoms with Crippen molar-refractivity contribution in [2.45, 2.75) is 128 Å². The van der Waals surface area contributed by atoms with E-state index in [4.69, 9.17) is 20.8 Å². The average molecular weight is 763 g/mol. The van der Waals surface area contributed by atoms with Gasteiger partial charge in [0.1, 0.15) is 17.6 Å². The zero-order valence-electron chi connectivity index (χ0n) is 32.3. The molecule has 2 aliphatic rings. The Morgan fingerprint density at radius 1 is 0.873 bits per heavy atom. The topological polar surface area (TPSA) is 217 Å². The van der Waals surface area contributed by atoms with Gasteiger partial charge in [0.25, 0.3) is 0 Å². The Morgan fingerprint density at radius 2 is 1.67 bits per heavy atom. The number of para-hydroxylation sites is 1. The van der Waals surface area contributed by atoms with Crippen LogP contribution in [0.4, 0.5) is 11.8 Å². The second kappa shape index (κ2) is 22.8. The Bertz CT molecular complexity index is 1620. The van der Waals surface area contributed by atoms with Gasteiger partial charge in [-0.05, 0) is 89.6 Å². The molecule has 0 spiro atoms. The first-order valence-corrected chi connectivity index (χ1v) is 20.5. The van der Waals surface area contributed by atoms with E-state index in [1.54, 1.807) is 0 Å². The number of anilines is 2. The minimum atomic E-state index is -1.11. The molecule has 2 fully saturated rings. The van der Waals surface area contributed by atoms with Crippen LogP contribution in [0.5, 0.6) is 0 Å². The summed E-state index contributed by atoms with van der Waals surface area (Å²) in [5.41, 5.74) is 7.12. The molecule has 8 N–H and O–H groups in total. The molecule has 2 aromatic heterocycles. The smallest absolute Gasteiger partial charge is 0.320 e. The fraction of sp³-hybridized carbons (Fsp3) is 0.667. The minimum Gasteiger partial charge on any atom is -0.480 e. The molecule has 3 aromatic rings. The summed E-state index contributed by atoms with van der Waals surface area (Å²) in [6, 6.07) is 7.84. The van der Waals surface area contributed by atoms with Gasteiger partial charge in [0.05, 0.1) is 18.3 Å². The fourth-order valence-corrected chi connectivity index (χ4v) is 7.21. The Hall–Kier alpha value is -4.41. The number of aromatic nitrogens is 5. The second-order valence-electron chi connectivity index (χ2n) is 14.9. The van der Waals surface area contributed by atoms with Crippen LogP contribution in [-0.2, 0) is 27.5 Å². The maximum Gasteiger partial charge on any atom is 0.320 e. The number of hydrogen-bond donors (Lipinski definition) is 7. The van der Waals surface area contributed by atoms with Crippen LogP contribution in [0, 0.1) is 0 Å². The number of benzene rings is 1. The summed E-state index contributed by atoms with van der Waals surface area (Å²) in [7, 11) is 0. The molecule has 0 bridgehead atoms. The number of carboxylic acid groups (broad SMARTS) is 1. The number of nitrogens with one attached hydrogen (secondary N) is 5. The number of piperidine rings is 1. The van der Waals surface area contributed by atoms with Gasteiger partial charge in [0.15, 0.2) is 0 Å². The first-order chi connectivity index (χ1) is 26.8. The zero-order chi connectivity index (χ0) is 38.7. The van der Waals surface area contributed by atoms with E-state index < -0.39 is 12.0 Å². The SMILES string of the molecule is N[C@H](CCC(=O)NCCCCCC(=O)N1CCC(Nc2nc(NCc3cn(CCCNCCCNC4CCCCC4)nn3)nc3ccccc23)CC1)C(=O)O. The molecule has 1 aliphatic heterocycles. The number of amides is 2. The van der Waals surface area contributed by atoms with E-state index in [1.165, 1.54) is 32.1 Å². The van der Waals surface area contributed by atoms with E-state index in [2.05, 4.69) is 36.9 Å². The van der Waals surface area contributed by atoms with Crippen LogP contribution in [0.25, 0.3) is 10.9 Å². The molecule has 0 unspecified atom stereocenters. The van der Waals surface area contributed by atoms with Crippen molar-refractivity contribution in [3.63, 3.8) is 0 Å². The molecule has 3 heterocycles. The van der Waals surface area contributed by atoms with Crippen LogP contribution in [-0.4, -0.2) is 110 Å². The highest BCUT2D eigenvalue weighted by molar-refractivity contribution is 5.90. The van der Waals surface area contributed by atoms with Crippen molar-refractivity contribution in [1.82, 2.24) is 45.8 Å². The predicted octanol–water partition coefficient (Wildman–Crippen LogP) is 3.40. The quantitative estimate of drug-likeness (QED) is 0.0653. The van der Waals surface area contributed by atoms with Gasteiger partial charge in [-0.25, -0.2) is 4.98 Å². The second-order valence-corrected chi connectivity index (χ2v) is 14.9. The van der Waals surface area contributed by atoms with Crippen molar-refractivity contribution in [1.29, 1.82) is 0 Å². The molecule has 55 heavy (non-hydrogen) atoms. The number of carboxylic acids is 1. The molecule has 302 valence electrons. The van der Waals surface area contributed by atoms with Crippen LogP contribution in [0.1, 0.15) is 102 Å². The Kier molecular flexibility index (Phi) is 17.3. The van der Waals surface area contributed by atoms with E-state index in [1.807, 2.05) is 40.0 Å². The number of unbranched alkanes of at least 4 members (excludes halogenated alkanes) is 2. The van der Waals surface area contributed by atoms with Crippen molar-refractivity contribution in [3.05, 3.63) is 36.2 Å². The highest BCUT2D eigenvalue weighted by atomic mass is 16.4. The number of carbonyl (C=O) groups excluding carboxylic acids is 2. The van der Waals surface area contributed by atoms with E-state index in [0.29, 0.717) is 38.5 Å². The number of rotatable bonds is 24. The van der Waals surface area contributed by atoms with Crippen LogP contribution in [0.15, 0.2) is 30.5 Å². The highest BCUT2D eigenvalue weighted by Gasteiger charge is 2.24. The van der Waals surface area contributed by atoms with Gasteiger partial charge < -0.3 is 42.3 Å². The molecule has 2 amide bonds. The summed E-state index contributed by atoms with van der Waals surface area (Å²) in [6.45, 7) is 6.20. The monoisotopic (exact) mass is 763 g/mol. The van der Waals surface area contributed by atoms with Gasteiger partial charge in [-0.3, -0.25) is 19.1 Å². The van der Waals surface area contributed by atoms with Crippen LogP contribution >= 0.6 is 0 Å². The first kappa shape index (κ1) is 41.7. The van der Waals surface area contributed by atoms with Gasteiger partial charge in [-0.2, -0.15) is 4.98 Å². The van der Waals surface area contributed by atoms with E-state index in [9.17, 15) is 14.4 Å². The summed E-state index contributed by atoms with van der Waals surface area (Å²) in [5, 5.41) is 35.5. The van der Waals surface area contributed by atoms with E-state index in [0.717, 1.165) is 99.6 Å². The third-order valence-electron chi connectivity index (χ3n) is 10.5. The summed E-state index contributed by atoms with van der Waals surface area (Å²) >= 11 is 0. The fourth-order valence-electron chi connectivity index (χ4n) is 7.21.